The summed E-state index contributed by atoms with van der Waals surface area (Å²) in [5.41, 5.74) is 3.86. The van der Waals surface area contributed by atoms with Crippen LogP contribution in [0.2, 0.25) is 5.02 Å². The average Bonchev–Trinajstić information content (AvgIpc) is 2.52. The van der Waals surface area contributed by atoms with Crippen molar-refractivity contribution in [3.8, 4) is 11.1 Å². The molecule has 0 saturated heterocycles. The van der Waals surface area contributed by atoms with Crippen molar-refractivity contribution in [3.05, 3.63) is 59.1 Å². The van der Waals surface area contributed by atoms with E-state index in [0.29, 0.717) is 11.8 Å². The van der Waals surface area contributed by atoms with E-state index in [2.05, 4.69) is 62.5 Å². The van der Waals surface area contributed by atoms with Crippen LogP contribution in [0.25, 0.3) is 11.1 Å². The van der Waals surface area contributed by atoms with Crippen molar-refractivity contribution in [2.75, 3.05) is 13.1 Å². The van der Waals surface area contributed by atoms with Gasteiger partial charge >= 0.3 is 0 Å². The standard InChI is InChI=1S/C20H26ClN/c1-15(2)14-22-13-12-16(3)17-4-6-18(7-5-17)19-8-10-20(21)11-9-19/h4-11,15-16,22H,12-14H2,1-3H3. The van der Waals surface area contributed by atoms with E-state index in [1.54, 1.807) is 0 Å². The smallest absolute Gasteiger partial charge is 0.0406 e. The molecule has 0 amide bonds. The molecule has 0 radical (unpaired) electrons. The molecule has 1 nitrogen and oxygen atoms in total. The highest BCUT2D eigenvalue weighted by Crippen LogP contribution is 2.25. The molecule has 0 bridgehead atoms. The van der Waals surface area contributed by atoms with E-state index in [4.69, 9.17) is 11.6 Å². The highest BCUT2D eigenvalue weighted by Gasteiger charge is 2.06. The first-order chi connectivity index (χ1) is 10.6. The SMILES string of the molecule is CC(C)CNCCC(C)c1ccc(-c2ccc(Cl)cc2)cc1. The third kappa shape index (κ3) is 5.15. The number of hydrogen-bond acceptors (Lipinski definition) is 1. The van der Waals surface area contributed by atoms with Crippen molar-refractivity contribution in [2.45, 2.75) is 33.1 Å². The summed E-state index contributed by atoms with van der Waals surface area (Å²) in [6.45, 7) is 8.96. The molecule has 0 spiro atoms. The Morgan fingerprint density at radius 3 is 1.95 bits per heavy atom. The third-order valence-corrected chi connectivity index (χ3v) is 4.22. The van der Waals surface area contributed by atoms with E-state index in [9.17, 15) is 0 Å². The summed E-state index contributed by atoms with van der Waals surface area (Å²) in [7, 11) is 0. The molecule has 0 heterocycles. The van der Waals surface area contributed by atoms with Gasteiger partial charge in [0, 0.05) is 5.02 Å². The molecular weight excluding hydrogens is 290 g/mol. The van der Waals surface area contributed by atoms with Crippen molar-refractivity contribution in [1.29, 1.82) is 0 Å². The van der Waals surface area contributed by atoms with Crippen LogP contribution in [0.1, 0.15) is 38.7 Å². The lowest BCUT2D eigenvalue weighted by atomic mass is 9.95. The Morgan fingerprint density at radius 2 is 1.41 bits per heavy atom. The summed E-state index contributed by atoms with van der Waals surface area (Å²) >= 11 is 5.94. The Balaban J connectivity index is 1.92. The molecule has 22 heavy (non-hydrogen) atoms. The number of hydrogen-bond donors (Lipinski definition) is 1. The summed E-state index contributed by atoms with van der Waals surface area (Å²) in [6, 6.07) is 16.9. The van der Waals surface area contributed by atoms with E-state index in [1.807, 2.05) is 12.1 Å². The van der Waals surface area contributed by atoms with Crippen LogP contribution in [0.3, 0.4) is 0 Å². The largest absolute Gasteiger partial charge is 0.316 e. The fourth-order valence-electron chi connectivity index (χ4n) is 2.52. The first kappa shape index (κ1) is 17.1. The maximum Gasteiger partial charge on any atom is 0.0406 e. The van der Waals surface area contributed by atoms with Gasteiger partial charge in [0.2, 0.25) is 0 Å². The molecule has 1 atom stereocenters. The van der Waals surface area contributed by atoms with Gasteiger partial charge in [-0.15, -0.1) is 0 Å². The normalized spacial score (nSPS) is 12.6. The maximum atomic E-state index is 5.94. The second kappa shape index (κ2) is 8.36. The van der Waals surface area contributed by atoms with Gasteiger partial charge in [-0.3, -0.25) is 0 Å². The molecule has 2 aromatic rings. The minimum absolute atomic E-state index is 0.582. The molecule has 2 heteroatoms. The molecule has 1 unspecified atom stereocenters. The predicted octanol–water partition coefficient (Wildman–Crippen LogP) is 5.75. The van der Waals surface area contributed by atoms with Crippen molar-refractivity contribution < 1.29 is 0 Å². The molecular formula is C20H26ClN. The first-order valence-electron chi connectivity index (χ1n) is 8.13. The van der Waals surface area contributed by atoms with Gasteiger partial charge in [-0.1, -0.05) is 68.8 Å². The Hall–Kier alpha value is -1.31. The van der Waals surface area contributed by atoms with Gasteiger partial charge in [-0.05, 0) is 60.2 Å². The topological polar surface area (TPSA) is 12.0 Å². The van der Waals surface area contributed by atoms with E-state index < -0.39 is 0 Å². The molecule has 118 valence electrons. The summed E-state index contributed by atoms with van der Waals surface area (Å²) < 4.78 is 0. The molecule has 0 aliphatic carbocycles. The molecule has 1 N–H and O–H groups in total. The predicted molar refractivity (Wildman–Crippen MR) is 97.6 cm³/mol. The average molecular weight is 316 g/mol. The molecule has 2 rings (SSSR count). The zero-order valence-electron chi connectivity index (χ0n) is 13.8. The lowest BCUT2D eigenvalue weighted by Crippen LogP contribution is -2.21. The summed E-state index contributed by atoms with van der Waals surface area (Å²) in [4.78, 5) is 0. The van der Waals surface area contributed by atoms with E-state index in [0.717, 1.165) is 18.1 Å². The maximum absolute atomic E-state index is 5.94. The Labute approximate surface area is 139 Å². The van der Waals surface area contributed by atoms with Crippen LogP contribution < -0.4 is 5.32 Å². The van der Waals surface area contributed by atoms with Gasteiger partial charge < -0.3 is 5.32 Å². The number of halogens is 1. The van der Waals surface area contributed by atoms with Gasteiger partial charge in [0.15, 0.2) is 0 Å². The molecule has 0 saturated carbocycles. The van der Waals surface area contributed by atoms with Crippen LogP contribution in [-0.4, -0.2) is 13.1 Å². The highest BCUT2D eigenvalue weighted by molar-refractivity contribution is 6.30. The van der Waals surface area contributed by atoms with Crippen LogP contribution in [0.5, 0.6) is 0 Å². The van der Waals surface area contributed by atoms with Crippen LogP contribution in [0.4, 0.5) is 0 Å². The van der Waals surface area contributed by atoms with Crippen LogP contribution in [-0.2, 0) is 0 Å². The quantitative estimate of drug-likeness (QED) is 0.642. The van der Waals surface area contributed by atoms with Gasteiger partial charge in [0.05, 0.1) is 0 Å². The van der Waals surface area contributed by atoms with Crippen LogP contribution in [0, 0.1) is 5.92 Å². The second-order valence-corrected chi connectivity index (χ2v) is 6.85. The van der Waals surface area contributed by atoms with Crippen molar-refractivity contribution in [1.82, 2.24) is 5.32 Å². The molecule has 0 aliphatic heterocycles. The molecule has 0 aromatic heterocycles. The van der Waals surface area contributed by atoms with E-state index >= 15 is 0 Å². The lowest BCUT2D eigenvalue weighted by molar-refractivity contribution is 0.525. The van der Waals surface area contributed by atoms with Crippen molar-refractivity contribution in [3.63, 3.8) is 0 Å². The Morgan fingerprint density at radius 1 is 0.864 bits per heavy atom. The third-order valence-electron chi connectivity index (χ3n) is 3.96. The zero-order valence-corrected chi connectivity index (χ0v) is 14.5. The molecule has 0 fully saturated rings. The first-order valence-corrected chi connectivity index (χ1v) is 8.50. The van der Waals surface area contributed by atoms with E-state index in [1.165, 1.54) is 23.1 Å². The Bertz CT molecular complexity index is 557. The number of rotatable bonds is 7. The fourth-order valence-corrected chi connectivity index (χ4v) is 2.65. The number of benzene rings is 2. The van der Waals surface area contributed by atoms with Gasteiger partial charge in [0.1, 0.15) is 0 Å². The van der Waals surface area contributed by atoms with Crippen molar-refractivity contribution in [2.24, 2.45) is 5.92 Å². The zero-order chi connectivity index (χ0) is 15.9. The summed E-state index contributed by atoms with van der Waals surface area (Å²) in [5, 5.41) is 4.30. The van der Waals surface area contributed by atoms with Crippen molar-refractivity contribution >= 4 is 11.6 Å². The molecule has 0 aliphatic rings. The van der Waals surface area contributed by atoms with Crippen LogP contribution >= 0.6 is 11.6 Å². The monoisotopic (exact) mass is 315 g/mol. The highest BCUT2D eigenvalue weighted by atomic mass is 35.5. The van der Waals surface area contributed by atoms with Crippen LogP contribution in [0.15, 0.2) is 48.5 Å². The number of nitrogens with one attached hydrogen (secondary N) is 1. The van der Waals surface area contributed by atoms with Gasteiger partial charge in [-0.2, -0.15) is 0 Å². The molecule has 2 aromatic carbocycles. The van der Waals surface area contributed by atoms with Gasteiger partial charge in [0.25, 0.3) is 0 Å². The van der Waals surface area contributed by atoms with E-state index in [-0.39, 0.29) is 0 Å². The Kier molecular flexibility index (Phi) is 6.48. The summed E-state index contributed by atoms with van der Waals surface area (Å²) in [5.74, 6) is 1.30. The lowest BCUT2D eigenvalue weighted by Gasteiger charge is -2.14. The summed E-state index contributed by atoms with van der Waals surface area (Å²) in [6.07, 6.45) is 1.17. The minimum Gasteiger partial charge on any atom is -0.316 e. The van der Waals surface area contributed by atoms with Gasteiger partial charge in [-0.25, -0.2) is 0 Å². The minimum atomic E-state index is 0.582. The second-order valence-electron chi connectivity index (χ2n) is 6.42. The fraction of sp³-hybridized carbons (Fsp3) is 0.400.